The Bertz CT molecular complexity index is 871. The van der Waals surface area contributed by atoms with Crippen molar-refractivity contribution in [2.75, 3.05) is 18.5 Å². The lowest BCUT2D eigenvalue weighted by molar-refractivity contribution is -0.125. The highest BCUT2D eigenvalue weighted by molar-refractivity contribution is 6.00. The van der Waals surface area contributed by atoms with Crippen LogP contribution in [0.5, 0.6) is 11.5 Å². The van der Waals surface area contributed by atoms with Crippen molar-refractivity contribution >= 4 is 17.8 Å². The third kappa shape index (κ3) is 3.67. The molecule has 2 aromatic rings. The largest absolute Gasteiger partial charge is 0.485 e. The monoisotopic (exact) mass is 386 g/mol. The van der Waals surface area contributed by atoms with Crippen molar-refractivity contribution in [3.63, 3.8) is 0 Å². The molecule has 1 aliphatic carbocycles. The summed E-state index contributed by atoms with van der Waals surface area (Å²) in [6, 6.07) is 7.12. The summed E-state index contributed by atoms with van der Waals surface area (Å²) in [4.78, 5) is 29.3. The predicted octanol–water partition coefficient (Wildman–Crippen LogP) is 3.29. The standard InChI is InChI=1S/C20H22N2O6/c1-2-25-20(24)16-19(28-18(21-16)12-7-3-4-8-12)22-17(23)15-11-26-13-9-5-6-10-14(13)27-15/h5-6,9-10,12,15H,2-4,7-8,11H2,1H3,(H,22,23). The summed E-state index contributed by atoms with van der Waals surface area (Å²) in [6.45, 7) is 1.97. The SMILES string of the molecule is CCOC(=O)c1nc(C2CCCC2)oc1NC(=O)C1COc2ccccc2O1. The second-order valence-corrected chi connectivity index (χ2v) is 6.79. The first-order chi connectivity index (χ1) is 13.7. The molecule has 2 aliphatic rings. The summed E-state index contributed by atoms with van der Waals surface area (Å²) in [5.74, 6) is 0.576. The topological polar surface area (TPSA) is 99.9 Å². The predicted molar refractivity (Wildman–Crippen MR) is 98.7 cm³/mol. The molecule has 1 aliphatic heterocycles. The number of fused-ring (bicyclic) bond motifs is 1. The number of amides is 1. The molecule has 1 saturated carbocycles. The van der Waals surface area contributed by atoms with Crippen LogP contribution in [0.4, 0.5) is 5.88 Å². The van der Waals surface area contributed by atoms with E-state index >= 15 is 0 Å². The molecule has 4 rings (SSSR count). The second kappa shape index (κ2) is 7.92. The van der Waals surface area contributed by atoms with E-state index in [1.807, 2.05) is 6.07 Å². The van der Waals surface area contributed by atoms with Gasteiger partial charge in [-0.3, -0.25) is 10.1 Å². The molecule has 0 radical (unpaired) electrons. The van der Waals surface area contributed by atoms with Crippen LogP contribution in [-0.4, -0.2) is 36.2 Å². The number of ether oxygens (including phenoxy) is 3. The van der Waals surface area contributed by atoms with E-state index < -0.39 is 18.0 Å². The fourth-order valence-electron chi connectivity index (χ4n) is 3.45. The molecular formula is C20H22N2O6. The molecule has 0 bridgehead atoms. The van der Waals surface area contributed by atoms with E-state index in [2.05, 4.69) is 10.3 Å². The first-order valence-electron chi connectivity index (χ1n) is 9.53. The number of hydrogen-bond acceptors (Lipinski definition) is 7. The summed E-state index contributed by atoms with van der Waals surface area (Å²) >= 11 is 0. The minimum Gasteiger partial charge on any atom is -0.485 e. The van der Waals surface area contributed by atoms with Gasteiger partial charge in [-0.1, -0.05) is 25.0 Å². The van der Waals surface area contributed by atoms with Crippen LogP contribution < -0.4 is 14.8 Å². The Kier molecular flexibility index (Phi) is 5.18. The number of rotatable bonds is 5. The van der Waals surface area contributed by atoms with Crippen LogP contribution in [0.1, 0.15) is 54.9 Å². The van der Waals surface area contributed by atoms with Crippen molar-refractivity contribution in [1.82, 2.24) is 4.98 Å². The van der Waals surface area contributed by atoms with E-state index in [9.17, 15) is 9.59 Å². The summed E-state index contributed by atoms with van der Waals surface area (Å²) in [5, 5.41) is 2.62. The molecule has 0 saturated heterocycles. The smallest absolute Gasteiger partial charge is 0.362 e. The minimum atomic E-state index is -0.870. The average Bonchev–Trinajstić information content (AvgIpc) is 3.37. The first kappa shape index (κ1) is 18.3. The Morgan fingerprint density at radius 3 is 2.71 bits per heavy atom. The average molecular weight is 386 g/mol. The van der Waals surface area contributed by atoms with Crippen LogP contribution in [0.25, 0.3) is 0 Å². The van der Waals surface area contributed by atoms with Crippen molar-refractivity contribution in [3.8, 4) is 11.5 Å². The Hall–Kier alpha value is -3.03. The zero-order valence-electron chi connectivity index (χ0n) is 15.6. The van der Waals surface area contributed by atoms with E-state index in [1.165, 1.54) is 0 Å². The van der Waals surface area contributed by atoms with Crippen LogP contribution in [0.3, 0.4) is 0 Å². The van der Waals surface area contributed by atoms with Crippen LogP contribution >= 0.6 is 0 Å². The van der Waals surface area contributed by atoms with Gasteiger partial charge in [0.2, 0.25) is 23.6 Å². The van der Waals surface area contributed by atoms with Crippen molar-refractivity contribution < 1.29 is 28.2 Å². The summed E-state index contributed by atoms with van der Waals surface area (Å²) in [7, 11) is 0. The molecule has 2 heterocycles. The molecule has 8 heteroatoms. The van der Waals surface area contributed by atoms with Gasteiger partial charge in [0.15, 0.2) is 11.5 Å². The maximum Gasteiger partial charge on any atom is 0.362 e. The molecule has 8 nitrogen and oxygen atoms in total. The number of oxazole rings is 1. The molecule has 28 heavy (non-hydrogen) atoms. The quantitative estimate of drug-likeness (QED) is 0.787. The third-order valence-electron chi connectivity index (χ3n) is 4.85. The van der Waals surface area contributed by atoms with Crippen molar-refractivity contribution in [1.29, 1.82) is 0 Å². The highest BCUT2D eigenvalue weighted by atomic mass is 16.6. The number of benzene rings is 1. The normalized spacial score (nSPS) is 18.7. The Balaban J connectivity index is 1.53. The first-order valence-corrected chi connectivity index (χ1v) is 9.53. The van der Waals surface area contributed by atoms with Gasteiger partial charge in [-0.05, 0) is 31.9 Å². The summed E-state index contributed by atoms with van der Waals surface area (Å²) in [6.07, 6.45) is 3.22. The van der Waals surface area contributed by atoms with Gasteiger partial charge in [0.25, 0.3) is 5.91 Å². The zero-order valence-corrected chi connectivity index (χ0v) is 15.6. The van der Waals surface area contributed by atoms with Crippen molar-refractivity contribution in [3.05, 3.63) is 35.9 Å². The number of hydrogen-bond donors (Lipinski definition) is 1. The number of aromatic nitrogens is 1. The Labute approximate surface area is 162 Å². The highest BCUT2D eigenvalue weighted by Crippen LogP contribution is 2.36. The molecule has 1 amide bonds. The number of anilines is 1. The Morgan fingerprint density at radius 2 is 1.96 bits per heavy atom. The van der Waals surface area contributed by atoms with Gasteiger partial charge in [0.1, 0.15) is 6.61 Å². The van der Waals surface area contributed by atoms with Crippen molar-refractivity contribution in [2.24, 2.45) is 0 Å². The highest BCUT2D eigenvalue weighted by Gasteiger charge is 2.32. The van der Waals surface area contributed by atoms with Gasteiger partial charge < -0.3 is 18.6 Å². The van der Waals surface area contributed by atoms with Gasteiger partial charge in [-0.2, -0.15) is 0 Å². The lowest BCUT2D eigenvalue weighted by Gasteiger charge is -2.25. The maximum absolute atomic E-state index is 12.7. The van der Waals surface area contributed by atoms with Gasteiger partial charge in [-0.25, -0.2) is 9.78 Å². The van der Waals surface area contributed by atoms with Gasteiger partial charge in [-0.15, -0.1) is 0 Å². The molecule has 148 valence electrons. The number of para-hydroxylation sites is 2. The summed E-state index contributed by atoms with van der Waals surface area (Å²) in [5.41, 5.74) is -0.0192. The molecular weight excluding hydrogens is 364 g/mol. The summed E-state index contributed by atoms with van der Waals surface area (Å²) < 4.78 is 22.1. The van der Waals surface area contributed by atoms with Crippen LogP contribution in [0.2, 0.25) is 0 Å². The number of nitrogens with one attached hydrogen (secondary N) is 1. The maximum atomic E-state index is 12.7. The zero-order chi connectivity index (χ0) is 19.5. The van der Waals surface area contributed by atoms with Gasteiger partial charge in [0.05, 0.1) is 6.61 Å². The Morgan fingerprint density at radius 1 is 1.21 bits per heavy atom. The number of carbonyl (C=O) groups excluding carboxylic acids is 2. The number of nitrogens with zero attached hydrogens (tertiary/aromatic N) is 1. The molecule has 1 atom stereocenters. The lowest BCUT2D eigenvalue weighted by atomic mass is 10.1. The van der Waals surface area contributed by atoms with Gasteiger partial charge >= 0.3 is 5.97 Å². The van der Waals surface area contributed by atoms with E-state index in [4.69, 9.17) is 18.6 Å². The molecule has 1 aromatic heterocycles. The number of carbonyl (C=O) groups is 2. The van der Waals surface area contributed by atoms with Crippen LogP contribution in [-0.2, 0) is 9.53 Å². The molecule has 1 unspecified atom stereocenters. The number of esters is 1. The van der Waals surface area contributed by atoms with Crippen molar-refractivity contribution in [2.45, 2.75) is 44.6 Å². The fraction of sp³-hybridized carbons (Fsp3) is 0.450. The molecule has 1 fully saturated rings. The molecule has 1 N–H and O–H groups in total. The third-order valence-corrected chi connectivity index (χ3v) is 4.85. The second-order valence-electron chi connectivity index (χ2n) is 6.79. The lowest BCUT2D eigenvalue weighted by Crippen LogP contribution is -2.40. The van der Waals surface area contributed by atoms with E-state index in [1.54, 1.807) is 25.1 Å². The van der Waals surface area contributed by atoms with Crippen LogP contribution in [0, 0.1) is 0 Å². The van der Waals surface area contributed by atoms with E-state index in [-0.39, 0.29) is 30.7 Å². The minimum absolute atomic E-state index is 0.00666. The molecule has 0 spiro atoms. The van der Waals surface area contributed by atoms with E-state index in [0.717, 1.165) is 25.7 Å². The molecule has 1 aromatic carbocycles. The van der Waals surface area contributed by atoms with Gasteiger partial charge in [0, 0.05) is 5.92 Å². The fourth-order valence-corrected chi connectivity index (χ4v) is 3.45. The van der Waals surface area contributed by atoms with E-state index in [0.29, 0.717) is 17.4 Å². The van der Waals surface area contributed by atoms with Crippen LogP contribution in [0.15, 0.2) is 28.7 Å².